The van der Waals surface area contributed by atoms with Crippen molar-refractivity contribution in [1.29, 1.82) is 0 Å². The van der Waals surface area contributed by atoms with E-state index in [0.717, 1.165) is 32.2 Å². The molecule has 13 heavy (non-hydrogen) atoms. The average Bonchev–Trinajstić information content (AvgIpc) is 2.52. The molecule has 78 valence electrons. The Morgan fingerprint density at radius 2 is 2.31 bits per heavy atom. The first-order chi connectivity index (χ1) is 6.22. The second kappa shape index (κ2) is 5.58. The Balaban J connectivity index is 2.03. The Hall–Kier alpha value is -0.120. The molecule has 1 rings (SSSR count). The van der Waals surface area contributed by atoms with Gasteiger partial charge in [0.15, 0.2) is 0 Å². The van der Waals surface area contributed by atoms with E-state index in [9.17, 15) is 0 Å². The zero-order valence-corrected chi connectivity index (χ0v) is 8.83. The van der Waals surface area contributed by atoms with Crippen LogP contribution in [0.25, 0.3) is 0 Å². The van der Waals surface area contributed by atoms with Crippen LogP contribution in [-0.2, 0) is 4.74 Å². The Morgan fingerprint density at radius 1 is 1.54 bits per heavy atom. The van der Waals surface area contributed by atoms with Crippen molar-refractivity contribution in [2.45, 2.75) is 26.4 Å². The van der Waals surface area contributed by atoms with Gasteiger partial charge in [0, 0.05) is 13.1 Å². The molecular weight excluding hydrogens is 164 g/mol. The van der Waals surface area contributed by atoms with Gasteiger partial charge in [0.25, 0.3) is 0 Å². The molecule has 0 aromatic rings. The monoisotopic (exact) mass is 186 g/mol. The number of hydrogen-bond donors (Lipinski definition) is 1. The van der Waals surface area contributed by atoms with Crippen molar-refractivity contribution in [3.05, 3.63) is 0 Å². The lowest BCUT2D eigenvalue weighted by Gasteiger charge is -2.16. The average molecular weight is 186 g/mol. The van der Waals surface area contributed by atoms with Crippen LogP contribution >= 0.6 is 0 Å². The second-order valence-electron chi connectivity index (χ2n) is 4.11. The zero-order valence-electron chi connectivity index (χ0n) is 8.83. The van der Waals surface area contributed by atoms with Crippen LogP contribution < -0.4 is 5.73 Å². The topological polar surface area (TPSA) is 38.5 Å². The Morgan fingerprint density at radius 3 is 2.85 bits per heavy atom. The van der Waals surface area contributed by atoms with Gasteiger partial charge in [0.05, 0.1) is 12.7 Å². The highest BCUT2D eigenvalue weighted by atomic mass is 16.5. The van der Waals surface area contributed by atoms with E-state index in [1.807, 2.05) is 0 Å². The van der Waals surface area contributed by atoms with Gasteiger partial charge >= 0.3 is 0 Å². The molecular formula is C10H22N2O. The number of rotatable bonds is 5. The molecule has 1 fully saturated rings. The summed E-state index contributed by atoms with van der Waals surface area (Å²) in [6.07, 6.45) is 1.62. The van der Waals surface area contributed by atoms with Gasteiger partial charge in [0.2, 0.25) is 0 Å². The summed E-state index contributed by atoms with van der Waals surface area (Å²) in [5.74, 6) is 0.721. The van der Waals surface area contributed by atoms with Crippen LogP contribution in [0.3, 0.4) is 0 Å². The van der Waals surface area contributed by atoms with Crippen LogP contribution in [-0.4, -0.2) is 43.8 Å². The van der Waals surface area contributed by atoms with Crippen LogP contribution in [0.2, 0.25) is 0 Å². The van der Waals surface area contributed by atoms with Crippen molar-refractivity contribution in [1.82, 2.24) is 4.90 Å². The van der Waals surface area contributed by atoms with Crippen LogP contribution in [0.1, 0.15) is 20.3 Å². The molecule has 2 N–H and O–H groups in total. The van der Waals surface area contributed by atoms with Crippen LogP contribution in [0, 0.1) is 5.92 Å². The van der Waals surface area contributed by atoms with E-state index in [1.165, 1.54) is 13.0 Å². The van der Waals surface area contributed by atoms with Gasteiger partial charge in [-0.15, -0.1) is 0 Å². The Bertz CT molecular complexity index is 139. The van der Waals surface area contributed by atoms with E-state index < -0.39 is 0 Å². The standard InChI is InChI=1S/C10H22N2O/c1-9(2)13-6-5-12-4-3-10(7-11)8-12/h9-10H,3-8,11H2,1-2H3. The molecule has 0 aromatic carbocycles. The van der Waals surface area contributed by atoms with Crippen LogP contribution in [0.15, 0.2) is 0 Å². The van der Waals surface area contributed by atoms with Crippen molar-refractivity contribution in [2.75, 3.05) is 32.8 Å². The van der Waals surface area contributed by atoms with E-state index in [2.05, 4.69) is 18.7 Å². The quantitative estimate of drug-likeness (QED) is 0.686. The molecule has 1 heterocycles. The maximum atomic E-state index is 5.61. The van der Waals surface area contributed by atoms with Gasteiger partial charge in [-0.05, 0) is 39.3 Å². The predicted molar refractivity (Wildman–Crippen MR) is 54.7 cm³/mol. The van der Waals surface area contributed by atoms with Gasteiger partial charge in [-0.25, -0.2) is 0 Å². The summed E-state index contributed by atoms with van der Waals surface area (Å²) >= 11 is 0. The van der Waals surface area contributed by atoms with Crippen molar-refractivity contribution in [2.24, 2.45) is 11.7 Å². The lowest BCUT2D eigenvalue weighted by molar-refractivity contribution is 0.0629. The smallest absolute Gasteiger partial charge is 0.0596 e. The molecule has 0 saturated carbocycles. The number of hydrogen-bond acceptors (Lipinski definition) is 3. The Labute approximate surface area is 81.2 Å². The molecule has 0 amide bonds. The normalized spacial score (nSPS) is 24.5. The molecule has 0 aliphatic carbocycles. The molecule has 0 aromatic heterocycles. The lowest BCUT2D eigenvalue weighted by atomic mass is 10.1. The largest absolute Gasteiger partial charge is 0.377 e. The van der Waals surface area contributed by atoms with E-state index >= 15 is 0 Å². The van der Waals surface area contributed by atoms with Crippen LogP contribution in [0.5, 0.6) is 0 Å². The summed E-state index contributed by atoms with van der Waals surface area (Å²) in [5.41, 5.74) is 5.61. The SMILES string of the molecule is CC(C)OCCN1CCC(CN)C1. The summed E-state index contributed by atoms with van der Waals surface area (Å²) in [6, 6.07) is 0. The summed E-state index contributed by atoms with van der Waals surface area (Å²) in [7, 11) is 0. The fourth-order valence-electron chi connectivity index (χ4n) is 1.73. The van der Waals surface area contributed by atoms with Gasteiger partial charge in [-0.3, -0.25) is 0 Å². The second-order valence-corrected chi connectivity index (χ2v) is 4.11. The number of likely N-dealkylation sites (tertiary alicyclic amines) is 1. The molecule has 1 aliphatic rings. The first kappa shape index (κ1) is 11.0. The Kier molecular flexibility index (Phi) is 4.70. The van der Waals surface area contributed by atoms with Crippen molar-refractivity contribution in [3.8, 4) is 0 Å². The van der Waals surface area contributed by atoms with Gasteiger partial charge in [-0.2, -0.15) is 0 Å². The maximum Gasteiger partial charge on any atom is 0.0596 e. The molecule has 0 radical (unpaired) electrons. The molecule has 3 heteroatoms. The highest BCUT2D eigenvalue weighted by molar-refractivity contribution is 4.75. The predicted octanol–water partition coefficient (Wildman–Crippen LogP) is 0.692. The third-order valence-corrected chi connectivity index (χ3v) is 2.56. The molecule has 1 aliphatic heterocycles. The van der Waals surface area contributed by atoms with Crippen molar-refractivity contribution >= 4 is 0 Å². The molecule has 3 nitrogen and oxygen atoms in total. The third kappa shape index (κ3) is 4.07. The first-order valence-electron chi connectivity index (χ1n) is 5.26. The van der Waals surface area contributed by atoms with Gasteiger partial charge in [-0.1, -0.05) is 0 Å². The molecule has 1 saturated heterocycles. The zero-order chi connectivity index (χ0) is 9.68. The summed E-state index contributed by atoms with van der Waals surface area (Å²) in [5, 5.41) is 0. The minimum atomic E-state index is 0.355. The molecule has 0 bridgehead atoms. The number of nitrogens with two attached hydrogens (primary N) is 1. The van der Waals surface area contributed by atoms with Gasteiger partial charge < -0.3 is 15.4 Å². The highest BCUT2D eigenvalue weighted by Gasteiger charge is 2.20. The molecule has 0 spiro atoms. The fourth-order valence-corrected chi connectivity index (χ4v) is 1.73. The third-order valence-electron chi connectivity index (χ3n) is 2.56. The summed E-state index contributed by atoms with van der Waals surface area (Å²) in [4.78, 5) is 2.44. The van der Waals surface area contributed by atoms with E-state index in [4.69, 9.17) is 10.5 Å². The van der Waals surface area contributed by atoms with E-state index in [0.29, 0.717) is 6.10 Å². The lowest BCUT2D eigenvalue weighted by Crippen LogP contribution is -2.27. The van der Waals surface area contributed by atoms with Crippen molar-refractivity contribution in [3.63, 3.8) is 0 Å². The van der Waals surface area contributed by atoms with Gasteiger partial charge in [0.1, 0.15) is 0 Å². The fraction of sp³-hybridized carbons (Fsp3) is 1.00. The minimum absolute atomic E-state index is 0.355. The maximum absolute atomic E-state index is 5.61. The van der Waals surface area contributed by atoms with E-state index in [-0.39, 0.29) is 0 Å². The van der Waals surface area contributed by atoms with E-state index in [1.54, 1.807) is 0 Å². The first-order valence-corrected chi connectivity index (χ1v) is 5.26. The molecule has 1 unspecified atom stereocenters. The summed E-state index contributed by atoms with van der Waals surface area (Å²) in [6.45, 7) is 9.27. The minimum Gasteiger partial charge on any atom is -0.377 e. The van der Waals surface area contributed by atoms with Crippen molar-refractivity contribution < 1.29 is 4.74 Å². The summed E-state index contributed by atoms with van der Waals surface area (Å²) < 4.78 is 5.50. The van der Waals surface area contributed by atoms with Crippen LogP contribution in [0.4, 0.5) is 0 Å². The number of ether oxygens (including phenoxy) is 1. The highest BCUT2D eigenvalue weighted by Crippen LogP contribution is 2.13. The molecule has 1 atom stereocenters. The number of nitrogens with zero attached hydrogens (tertiary/aromatic N) is 1.